The van der Waals surface area contributed by atoms with Gasteiger partial charge in [-0.2, -0.15) is 0 Å². The number of hydrogen-bond acceptors (Lipinski definition) is 29. The minimum absolute atomic E-state index is 0. The number of ketones is 7. The van der Waals surface area contributed by atoms with Crippen LogP contribution in [0.1, 0.15) is 82.6 Å². The second-order valence-corrected chi connectivity index (χ2v) is 18.0. The molecule has 502 valence electrons. The van der Waals surface area contributed by atoms with Crippen LogP contribution in [0.2, 0.25) is 0 Å². The second kappa shape index (κ2) is 63.0. The molecular weight excluding hydrogens is 1140 g/mol. The Bertz CT molecular complexity index is 2030. The van der Waals surface area contributed by atoms with Crippen molar-refractivity contribution in [2.24, 2.45) is 0 Å². The molecular formula is C53H102N4O28. The van der Waals surface area contributed by atoms with Crippen LogP contribution in [0.15, 0.2) is 71.3 Å². The molecule has 0 heterocycles. The maximum absolute atomic E-state index is 10.9. The lowest BCUT2D eigenvalue weighted by molar-refractivity contribution is -0.459. The van der Waals surface area contributed by atoms with E-state index in [1.807, 2.05) is 0 Å². The summed E-state index contributed by atoms with van der Waals surface area (Å²) in [6.07, 6.45) is -1.59. The molecule has 0 aliphatic carbocycles. The Kier molecular flexibility index (Phi) is 78.7. The van der Waals surface area contributed by atoms with E-state index in [0.717, 1.165) is 6.92 Å². The molecule has 0 amide bonds. The predicted molar refractivity (Wildman–Crippen MR) is 313 cm³/mol. The fourth-order valence-corrected chi connectivity index (χ4v) is 3.77. The minimum Gasteiger partial charge on any atom is -0.870 e. The molecule has 0 aromatic heterocycles. The zero-order valence-corrected chi connectivity index (χ0v) is 52.1. The van der Waals surface area contributed by atoms with Gasteiger partial charge in [-0.3, -0.25) is 43.2 Å². The third kappa shape index (κ3) is 83.5. The van der Waals surface area contributed by atoms with Crippen LogP contribution in [-0.4, -0.2) is 301 Å². The summed E-state index contributed by atoms with van der Waals surface area (Å²) in [5.74, 6) is -6.18. The third-order valence-electron chi connectivity index (χ3n) is 7.51. The number of carbonyl (C=O) groups excluding carboxylic acids is 9. The van der Waals surface area contributed by atoms with Crippen LogP contribution in [0.25, 0.3) is 0 Å². The minimum atomic E-state index is -1.25. The summed E-state index contributed by atoms with van der Waals surface area (Å²) < 4.78 is 1.70. The van der Waals surface area contributed by atoms with Gasteiger partial charge in [0.05, 0.1) is 37.5 Å². The first-order chi connectivity index (χ1) is 37.0. The van der Waals surface area contributed by atoms with E-state index in [1.165, 1.54) is 86.0 Å². The number of aldehydes is 2. The summed E-state index contributed by atoms with van der Waals surface area (Å²) in [4.78, 5) is 95.7. The van der Waals surface area contributed by atoms with Crippen LogP contribution < -0.4 is 0 Å². The zero-order chi connectivity index (χ0) is 67.7. The molecule has 0 saturated carbocycles. The van der Waals surface area contributed by atoms with Gasteiger partial charge in [-0.15, -0.1) is 0 Å². The summed E-state index contributed by atoms with van der Waals surface area (Å²) >= 11 is 0. The number of carbonyl (C=O) groups is 9. The Labute approximate surface area is 497 Å². The molecule has 0 aliphatic rings. The van der Waals surface area contributed by atoms with Crippen LogP contribution in [-0.2, 0) is 43.2 Å². The van der Waals surface area contributed by atoms with Gasteiger partial charge in [0.25, 0.3) is 0 Å². The molecule has 0 bridgehead atoms. The van der Waals surface area contributed by atoms with Gasteiger partial charge in [0.2, 0.25) is 23.6 Å². The van der Waals surface area contributed by atoms with E-state index in [1.54, 1.807) is 89.5 Å². The van der Waals surface area contributed by atoms with Gasteiger partial charge in [0, 0.05) is 40.6 Å². The second-order valence-electron chi connectivity index (χ2n) is 18.0. The first-order valence-electron chi connectivity index (χ1n) is 24.2. The first-order valence-corrected chi connectivity index (χ1v) is 24.2. The van der Waals surface area contributed by atoms with Crippen LogP contribution >= 0.6 is 0 Å². The maximum Gasteiger partial charge on any atom is 0.226 e. The molecule has 0 rings (SSSR count). The van der Waals surface area contributed by atoms with Crippen molar-refractivity contribution in [2.75, 3.05) is 69.5 Å². The van der Waals surface area contributed by atoms with Crippen LogP contribution in [0.3, 0.4) is 0 Å². The molecule has 0 saturated heterocycles. The van der Waals surface area contributed by atoms with E-state index in [9.17, 15) is 43.2 Å². The number of Topliss-reactive ketones (excluding diaryl/α,β-unsaturated/α-hetero) is 6. The molecule has 0 aromatic rings. The molecule has 0 spiro atoms. The van der Waals surface area contributed by atoms with E-state index in [4.69, 9.17) is 81.7 Å². The number of rotatable bonds is 22. The van der Waals surface area contributed by atoms with Gasteiger partial charge in [-0.1, -0.05) is 12.7 Å². The van der Waals surface area contributed by atoms with Gasteiger partial charge in [-0.05, 0) is 103 Å². The van der Waals surface area contributed by atoms with Crippen molar-refractivity contribution in [3.05, 3.63) is 71.3 Å². The maximum atomic E-state index is 10.9. The van der Waals surface area contributed by atoms with Crippen LogP contribution in [0.5, 0.6) is 0 Å². The highest BCUT2D eigenvalue weighted by molar-refractivity contribution is 6.37. The monoisotopic (exact) mass is 1240 g/mol. The van der Waals surface area contributed by atoms with E-state index in [0.29, 0.717) is 0 Å². The normalized spacial score (nSPS) is 13.9. The number of nitrogens with zero attached hydrogens (tertiary/aromatic N) is 4. The molecule has 0 fully saturated rings. The Morgan fingerprint density at radius 2 is 0.988 bits per heavy atom. The SMILES string of the molecule is C=C(O)C(=O)C(C)O.CC(=O)/C(O)=C(\C)O.CC(=O)C(=O)C(C)O.CC(O)/C(O)=C(/O)CN(C)C.CC(O)C(O)/C(O)=C/N(C)C.CC(O)C(O)C(=O)CN(C)C.CC(O)C=C(O)C=[N+](C)C.CC(O)CC(=O)C=O.CC=CC(=O)C=O.O.O.[OH-]. The lowest BCUT2D eigenvalue weighted by Gasteiger charge is -2.14. The summed E-state index contributed by atoms with van der Waals surface area (Å²) in [6, 6.07) is 0. The summed E-state index contributed by atoms with van der Waals surface area (Å²) in [7, 11) is 14.0. The summed E-state index contributed by atoms with van der Waals surface area (Å²) in [5, 5.41) is 140. The highest BCUT2D eigenvalue weighted by atomic mass is 16.4. The van der Waals surface area contributed by atoms with Gasteiger partial charge < -0.3 is 113 Å². The molecule has 32 heteroatoms. The number of allylic oxidation sites excluding steroid dienone is 5. The lowest BCUT2D eigenvalue weighted by atomic mass is 10.1. The predicted octanol–water partition coefficient (Wildman–Crippen LogP) is -2.56. The number of likely N-dealkylation sites (N-methyl/N-ethyl adjacent to an activating group) is 2. The van der Waals surface area contributed by atoms with E-state index >= 15 is 0 Å². The average Bonchev–Trinajstić information content (AvgIpc) is 3.32. The Morgan fingerprint density at radius 1 is 0.588 bits per heavy atom. The number of aliphatic hydroxyl groups excluding tert-OH is 16. The fraction of sp³-hybridized carbons (Fsp3) is 0.585. The zero-order valence-electron chi connectivity index (χ0n) is 52.1. The Hall–Kier alpha value is -7.02. The summed E-state index contributed by atoms with van der Waals surface area (Å²) in [6.45, 7) is 18.3. The molecule has 0 aromatic carbocycles. The number of hydrogen-bond donors (Lipinski definition) is 16. The van der Waals surface area contributed by atoms with Gasteiger partial charge in [0.15, 0.2) is 58.7 Å². The molecule has 21 N–H and O–H groups in total. The van der Waals surface area contributed by atoms with Crippen LogP contribution in [0.4, 0.5) is 0 Å². The van der Waals surface area contributed by atoms with Crippen molar-refractivity contribution in [1.29, 1.82) is 0 Å². The quantitative estimate of drug-likeness (QED) is 0.0132. The van der Waals surface area contributed by atoms with Crippen molar-refractivity contribution in [1.82, 2.24) is 14.7 Å². The third-order valence-corrected chi connectivity index (χ3v) is 7.51. The molecule has 9 unspecified atom stereocenters. The smallest absolute Gasteiger partial charge is 0.226 e. The standard InChI is InChI=1S/3C7H15NO3.C7H13NO2.4C5H8O3.C5H6O2.3H2O/c3*1-5(9)7(11)6(10)4-8(2)3;1-6(9)4-7(10)5-8(2)3;1-4(7)2-5(8)3-6;3*1-3(6)5(8)4(2)7;1-2-3-5(7)4-6;;;/h5,9-11H,4H2,1-3H3;5,7,9,11H,4H2,1-3H3;4-5,7,9-11H,1-3H3;4-6,9H,1-3H3;3-4,7H,2H2,1H3;6,8H,1-2H3;3,6H,1-2H3;4,6-7H,1H2,2H3;2-4H,1H3;3*1H2/b7-6-;;6-4-;;;5-3-;;;;;;. The van der Waals surface area contributed by atoms with Gasteiger partial charge in [-0.25, -0.2) is 4.58 Å². The van der Waals surface area contributed by atoms with E-state index in [2.05, 4.69) is 6.58 Å². The Balaban J connectivity index is -0.0000000705. The largest absolute Gasteiger partial charge is 0.870 e. The van der Waals surface area contributed by atoms with Crippen molar-refractivity contribution < 1.29 is 146 Å². The van der Waals surface area contributed by atoms with Crippen molar-refractivity contribution in [3.8, 4) is 0 Å². The van der Waals surface area contributed by atoms with Crippen LogP contribution in [0, 0.1) is 0 Å². The fourth-order valence-electron chi connectivity index (χ4n) is 3.77. The molecule has 32 nitrogen and oxygen atoms in total. The number of aliphatic hydroxyl groups is 16. The molecule has 0 aliphatic heterocycles. The van der Waals surface area contributed by atoms with Crippen molar-refractivity contribution in [3.63, 3.8) is 0 Å². The van der Waals surface area contributed by atoms with Crippen molar-refractivity contribution >= 4 is 59.3 Å². The van der Waals surface area contributed by atoms with Crippen molar-refractivity contribution in [2.45, 2.75) is 138 Å². The van der Waals surface area contributed by atoms with Gasteiger partial charge >= 0.3 is 0 Å². The molecule has 85 heavy (non-hydrogen) atoms. The van der Waals surface area contributed by atoms with E-state index in [-0.39, 0.29) is 83.1 Å². The van der Waals surface area contributed by atoms with Gasteiger partial charge in [0.1, 0.15) is 61.9 Å². The lowest BCUT2D eigenvalue weighted by Crippen LogP contribution is -2.37. The molecule has 9 atom stereocenters. The Morgan fingerprint density at radius 3 is 1.15 bits per heavy atom. The highest BCUT2D eigenvalue weighted by Gasteiger charge is 2.20. The topological polar surface area (TPSA) is 583 Å². The molecule has 0 radical (unpaired) electrons. The summed E-state index contributed by atoms with van der Waals surface area (Å²) in [5.41, 5.74) is 0. The highest BCUT2D eigenvalue weighted by Crippen LogP contribution is 2.04. The first kappa shape index (κ1) is 106. The van der Waals surface area contributed by atoms with E-state index < -0.39 is 101 Å². The average molecular weight is 1240 g/mol.